The summed E-state index contributed by atoms with van der Waals surface area (Å²) < 4.78 is 10.5. The first-order valence-corrected chi connectivity index (χ1v) is 18.8. The van der Waals surface area contributed by atoms with Gasteiger partial charge in [0.15, 0.2) is 0 Å². The molecule has 6 atom stereocenters. The lowest BCUT2D eigenvalue weighted by molar-refractivity contribution is -0.136. The molecule has 3 amide bonds. The molecule has 12 nitrogen and oxygen atoms in total. The third kappa shape index (κ3) is 8.37. The molecule has 0 spiro atoms. The summed E-state index contributed by atoms with van der Waals surface area (Å²) in [7, 11) is 1.32. The van der Waals surface area contributed by atoms with Gasteiger partial charge < -0.3 is 30.0 Å². The zero-order valence-electron chi connectivity index (χ0n) is 31.6. The van der Waals surface area contributed by atoms with E-state index in [0.717, 1.165) is 72.7 Å². The van der Waals surface area contributed by atoms with E-state index in [9.17, 15) is 14.4 Å². The van der Waals surface area contributed by atoms with Gasteiger partial charge in [0.25, 0.3) is 0 Å². The molecule has 0 radical (unpaired) electrons. The molecule has 280 valence electrons. The zero-order valence-corrected chi connectivity index (χ0v) is 31.6. The summed E-state index contributed by atoms with van der Waals surface area (Å²) in [6, 6.07) is 7.57. The number of nitrogens with zero attached hydrogens (tertiary/aromatic N) is 4. The number of aromatic amines is 1. The molecule has 0 bridgehead atoms. The summed E-state index contributed by atoms with van der Waals surface area (Å²) in [5.41, 5.74) is 3.51. The van der Waals surface area contributed by atoms with E-state index in [1.165, 1.54) is 7.11 Å². The summed E-state index contributed by atoms with van der Waals surface area (Å²) in [6.45, 7) is 12.9. The number of allylic oxidation sites excluding steroid dienone is 2. The lowest BCUT2D eigenvalue weighted by Gasteiger charge is -2.34. The minimum absolute atomic E-state index is 0.0584. The molecule has 3 fully saturated rings. The van der Waals surface area contributed by atoms with Crippen molar-refractivity contribution < 1.29 is 23.9 Å². The molecule has 52 heavy (non-hydrogen) atoms. The number of ether oxygens (including phenoxy) is 2. The normalized spacial score (nSPS) is 25.8. The second-order valence-electron chi connectivity index (χ2n) is 16.1. The number of methoxy groups -OCH3 is 1. The first kappa shape index (κ1) is 37.2. The van der Waals surface area contributed by atoms with Crippen molar-refractivity contribution in [3.8, 4) is 11.3 Å². The van der Waals surface area contributed by atoms with Gasteiger partial charge in [-0.15, -0.1) is 0 Å². The third-order valence-corrected chi connectivity index (χ3v) is 10.6. The standard InChI is InChI=1S/C40H55N7O5/c1-24(2)34(45-38(49)51-7)37(48)47-31-14-10-12-28(31)20-33(47)36-41-21-29(43-36)13-9-8-11-26-15-17-27(18-16-26)30-22-42-35(44-30)32-19-25(3)23-46(32)39(50)52-40(4,5)6/h8,11,13,15-18,22,24-25,28,31-34H,9-10,12,14,19-21,23H2,1-7H3,(H,41,43)(H,42,44)(H,45,49)/b11-8+,29-13+/t25-,28?,31?,32-,33-,34-/m0/s1. The van der Waals surface area contributed by atoms with Gasteiger partial charge in [-0.25, -0.2) is 14.6 Å². The smallest absolute Gasteiger partial charge is 0.410 e. The van der Waals surface area contributed by atoms with Crippen molar-refractivity contribution in [2.45, 2.75) is 110 Å². The number of rotatable bonds is 9. The van der Waals surface area contributed by atoms with Gasteiger partial charge in [-0.05, 0) is 81.8 Å². The van der Waals surface area contributed by atoms with E-state index in [0.29, 0.717) is 24.9 Å². The minimum atomic E-state index is -0.653. The summed E-state index contributed by atoms with van der Waals surface area (Å²) in [5, 5.41) is 6.30. The quantitative estimate of drug-likeness (QED) is 0.259. The summed E-state index contributed by atoms with van der Waals surface area (Å²) in [4.78, 5) is 55.7. The maximum Gasteiger partial charge on any atom is 0.410 e. The number of alkyl carbamates (subject to hydrolysis) is 1. The Kier molecular flexibility index (Phi) is 11.1. The number of hydrogen-bond donors (Lipinski definition) is 3. The van der Waals surface area contributed by atoms with E-state index in [2.05, 4.69) is 70.0 Å². The second kappa shape index (κ2) is 15.6. The van der Waals surface area contributed by atoms with E-state index < -0.39 is 17.7 Å². The number of carbonyl (C=O) groups excluding carboxylic acids is 3. The number of likely N-dealkylation sites (tertiary alicyclic amines) is 2. The molecule has 2 aromatic rings. The minimum Gasteiger partial charge on any atom is -0.453 e. The highest BCUT2D eigenvalue weighted by Crippen LogP contribution is 2.42. The van der Waals surface area contributed by atoms with E-state index in [4.69, 9.17) is 14.5 Å². The lowest BCUT2D eigenvalue weighted by atomic mass is 10.0. The first-order valence-electron chi connectivity index (χ1n) is 18.8. The highest BCUT2D eigenvalue weighted by atomic mass is 16.6. The van der Waals surface area contributed by atoms with Crippen LogP contribution in [0, 0.1) is 17.8 Å². The monoisotopic (exact) mass is 713 g/mol. The third-order valence-electron chi connectivity index (χ3n) is 10.6. The molecule has 4 aliphatic rings. The van der Waals surface area contributed by atoms with Crippen LogP contribution in [-0.2, 0) is 14.3 Å². The van der Waals surface area contributed by atoms with Crippen LogP contribution >= 0.6 is 0 Å². The average molecular weight is 714 g/mol. The van der Waals surface area contributed by atoms with E-state index in [1.807, 2.05) is 45.7 Å². The fourth-order valence-electron chi connectivity index (χ4n) is 8.10. The van der Waals surface area contributed by atoms with Gasteiger partial charge >= 0.3 is 12.2 Å². The molecule has 3 aliphatic heterocycles. The number of carbonyl (C=O) groups is 3. The maximum atomic E-state index is 13.9. The molecular weight excluding hydrogens is 658 g/mol. The lowest BCUT2D eigenvalue weighted by Crippen LogP contribution is -2.56. The molecular formula is C40H55N7O5. The van der Waals surface area contributed by atoms with Crippen LogP contribution in [0.5, 0.6) is 0 Å². The van der Waals surface area contributed by atoms with Crippen molar-refractivity contribution in [2.75, 3.05) is 20.2 Å². The van der Waals surface area contributed by atoms with Crippen LogP contribution in [0.4, 0.5) is 9.59 Å². The van der Waals surface area contributed by atoms with Gasteiger partial charge in [-0.3, -0.25) is 14.7 Å². The highest BCUT2D eigenvalue weighted by molar-refractivity contribution is 5.96. The molecule has 4 heterocycles. The number of aromatic nitrogens is 2. The fourth-order valence-corrected chi connectivity index (χ4v) is 8.10. The van der Waals surface area contributed by atoms with Gasteiger partial charge in [0, 0.05) is 18.3 Å². The van der Waals surface area contributed by atoms with Crippen molar-refractivity contribution >= 4 is 30.0 Å². The molecule has 3 N–H and O–H groups in total. The van der Waals surface area contributed by atoms with Crippen molar-refractivity contribution in [1.29, 1.82) is 0 Å². The topological polar surface area (TPSA) is 141 Å². The van der Waals surface area contributed by atoms with Crippen molar-refractivity contribution in [2.24, 2.45) is 22.7 Å². The predicted octanol–water partition coefficient (Wildman–Crippen LogP) is 6.83. The Bertz CT molecular complexity index is 1700. The van der Waals surface area contributed by atoms with Crippen LogP contribution in [0.15, 0.2) is 53.3 Å². The highest BCUT2D eigenvalue weighted by Gasteiger charge is 2.50. The largest absolute Gasteiger partial charge is 0.453 e. The van der Waals surface area contributed by atoms with Gasteiger partial charge in [0.2, 0.25) is 5.91 Å². The molecule has 1 aliphatic carbocycles. The number of amides is 3. The molecule has 12 heteroatoms. The van der Waals surface area contributed by atoms with Crippen LogP contribution < -0.4 is 10.6 Å². The maximum absolute atomic E-state index is 13.9. The number of nitrogens with one attached hydrogen (secondary N) is 3. The van der Waals surface area contributed by atoms with Crippen LogP contribution in [0.1, 0.15) is 97.5 Å². The Labute approximate surface area is 307 Å². The van der Waals surface area contributed by atoms with E-state index in [-0.39, 0.29) is 36.0 Å². The molecule has 1 aromatic heterocycles. The van der Waals surface area contributed by atoms with Gasteiger partial charge in [-0.2, -0.15) is 0 Å². The van der Waals surface area contributed by atoms with E-state index in [1.54, 1.807) is 4.90 Å². The Morgan fingerprint density at radius 2 is 1.87 bits per heavy atom. The van der Waals surface area contributed by atoms with Crippen LogP contribution in [-0.4, -0.2) is 87.6 Å². The Morgan fingerprint density at radius 3 is 2.58 bits per heavy atom. The number of imidazole rings is 1. The Balaban J connectivity index is 1.04. The fraction of sp³-hybridized carbons (Fsp3) is 0.575. The summed E-state index contributed by atoms with van der Waals surface area (Å²) in [6.07, 6.45) is 13.0. The van der Waals surface area contributed by atoms with Crippen molar-refractivity contribution in [1.82, 2.24) is 30.4 Å². The second-order valence-corrected chi connectivity index (χ2v) is 16.1. The molecule has 1 aromatic carbocycles. The molecule has 1 saturated carbocycles. The van der Waals surface area contributed by atoms with Crippen molar-refractivity contribution in [3.05, 3.63) is 59.7 Å². The van der Waals surface area contributed by atoms with E-state index >= 15 is 0 Å². The van der Waals surface area contributed by atoms with Crippen LogP contribution in [0.2, 0.25) is 0 Å². The Morgan fingerprint density at radius 1 is 1.10 bits per heavy atom. The van der Waals surface area contributed by atoms with Crippen LogP contribution in [0.3, 0.4) is 0 Å². The van der Waals surface area contributed by atoms with Gasteiger partial charge in [-0.1, -0.05) is 69.7 Å². The average Bonchev–Trinajstić information content (AvgIpc) is 3.93. The SMILES string of the molecule is COC(=O)N[C@H](C(=O)N1C2CCCC2C[C@H]1C1=NC/C(=C\C/C=C/c2ccc(-c3cnc([C@@H]4C[C@H](C)CN4C(=O)OC(C)(C)C)[nH]3)cc2)N1)C(C)C. The number of benzene rings is 1. The number of hydrogen-bond acceptors (Lipinski definition) is 8. The number of fused-ring (bicyclic) bond motifs is 1. The van der Waals surface area contributed by atoms with Crippen molar-refractivity contribution in [3.63, 3.8) is 0 Å². The van der Waals surface area contributed by atoms with Gasteiger partial charge in [0.1, 0.15) is 23.3 Å². The molecule has 2 saturated heterocycles. The molecule has 6 rings (SSSR count). The first-order chi connectivity index (χ1) is 24.8. The number of H-pyrrole nitrogens is 1. The molecule has 2 unspecified atom stereocenters. The summed E-state index contributed by atoms with van der Waals surface area (Å²) in [5.74, 6) is 2.30. The van der Waals surface area contributed by atoms with Gasteiger partial charge in [0.05, 0.1) is 37.6 Å². The number of amidine groups is 1. The van der Waals surface area contributed by atoms with Crippen LogP contribution in [0.25, 0.3) is 17.3 Å². The Hall–Kier alpha value is -4.61. The summed E-state index contributed by atoms with van der Waals surface area (Å²) >= 11 is 0. The predicted molar refractivity (Wildman–Crippen MR) is 201 cm³/mol. The zero-order chi connectivity index (χ0) is 37.2. The number of aliphatic imine (C=N–C) groups is 1.